The van der Waals surface area contributed by atoms with Gasteiger partial charge in [0.15, 0.2) is 0 Å². The van der Waals surface area contributed by atoms with Crippen molar-refractivity contribution in [2.45, 2.75) is 44.6 Å². The third kappa shape index (κ3) is 5.85. The van der Waals surface area contributed by atoms with E-state index in [4.69, 9.17) is 4.74 Å². The third-order valence-corrected chi connectivity index (χ3v) is 6.05. The van der Waals surface area contributed by atoms with Gasteiger partial charge in [-0.3, -0.25) is 14.5 Å². The van der Waals surface area contributed by atoms with E-state index in [1.54, 1.807) is 0 Å². The molecule has 6 heteroatoms. The van der Waals surface area contributed by atoms with E-state index in [1.165, 1.54) is 18.4 Å². The lowest BCUT2D eigenvalue weighted by molar-refractivity contribution is -0.121. The van der Waals surface area contributed by atoms with Crippen LogP contribution in [0.1, 0.15) is 49.3 Å². The fourth-order valence-corrected chi connectivity index (χ4v) is 4.36. The van der Waals surface area contributed by atoms with E-state index in [9.17, 15) is 9.59 Å². The Labute approximate surface area is 184 Å². The van der Waals surface area contributed by atoms with Crippen LogP contribution in [0.25, 0.3) is 0 Å². The molecule has 1 fully saturated rings. The van der Waals surface area contributed by atoms with Crippen molar-refractivity contribution in [2.24, 2.45) is 0 Å². The van der Waals surface area contributed by atoms with Gasteiger partial charge in [0.05, 0.1) is 12.6 Å². The number of ether oxygens (including phenoxy) is 1. The van der Waals surface area contributed by atoms with Crippen LogP contribution in [0.4, 0.5) is 5.69 Å². The Hall–Kier alpha value is -2.86. The maximum atomic E-state index is 12.4. The minimum absolute atomic E-state index is 0.0615. The summed E-state index contributed by atoms with van der Waals surface area (Å²) in [7, 11) is 0. The zero-order valence-electron chi connectivity index (χ0n) is 17.9. The summed E-state index contributed by atoms with van der Waals surface area (Å²) in [6.07, 6.45) is 4.81. The number of aryl methyl sites for hydroxylation is 1. The van der Waals surface area contributed by atoms with Crippen molar-refractivity contribution in [3.05, 3.63) is 59.7 Å². The lowest BCUT2D eigenvalue weighted by Crippen LogP contribution is -2.36. The lowest BCUT2D eigenvalue weighted by Gasteiger charge is -2.28. The number of nitrogens with zero attached hydrogens (tertiary/aromatic N) is 1. The van der Waals surface area contributed by atoms with Gasteiger partial charge in [0.1, 0.15) is 5.75 Å². The molecule has 1 unspecified atom stereocenters. The number of benzene rings is 2. The monoisotopic (exact) mass is 421 g/mol. The molecule has 0 saturated carbocycles. The van der Waals surface area contributed by atoms with Crippen molar-refractivity contribution in [1.29, 1.82) is 0 Å². The lowest BCUT2D eigenvalue weighted by atomic mass is 10.0. The molecule has 4 rings (SSSR count). The molecule has 31 heavy (non-hydrogen) atoms. The van der Waals surface area contributed by atoms with E-state index in [1.807, 2.05) is 24.3 Å². The predicted molar refractivity (Wildman–Crippen MR) is 121 cm³/mol. The largest absolute Gasteiger partial charge is 0.494 e. The van der Waals surface area contributed by atoms with Gasteiger partial charge in [-0.2, -0.15) is 0 Å². The van der Waals surface area contributed by atoms with Crippen LogP contribution in [-0.4, -0.2) is 43.0 Å². The van der Waals surface area contributed by atoms with Gasteiger partial charge in [0.2, 0.25) is 11.8 Å². The smallest absolute Gasteiger partial charge is 0.224 e. The summed E-state index contributed by atoms with van der Waals surface area (Å²) in [5, 5.41) is 6.00. The number of likely N-dealkylation sites (tertiary alicyclic amines) is 1. The average molecular weight is 422 g/mol. The highest BCUT2D eigenvalue weighted by molar-refractivity contribution is 5.94. The Morgan fingerprint density at radius 3 is 2.71 bits per heavy atom. The summed E-state index contributed by atoms with van der Waals surface area (Å²) in [5.74, 6) is 0.914. The van der Waals surface area contributed by atoms with E-state index in [-0.39, 0.29) is 17.9 Å². The number of nitrogens with one attached hydrogen (secondary N) is 2. The molecule has 2 amide bonds. The van der Waals surface area contributed by atoms with Crippen LogP contribution < -0.4 is 15.4 Å². The number of carbonyl (C=O) groups is 2. The molecule has 2 heterocycles. The van der Waals surface area contributed by atoms with Crippen LogP contribution in [0.15, 0.2) is 48.5 Å². The van der Waals surface area contributed by atoms with Gasteiger partial charge >= 0.3 is 0 Å². The first kappa shape index (κ1) is 21.4. The Bertz CT molecular complexity index is 894. The third-order valence-electron chi connectivity index (χ3n) is 6.05. The van der Waals surface area contributed by atoms with Crippen molar-refractivity contribution in [3.63, 3.8) is 0 Å². The van der Waals surface area contributed by atoms with Crippen LogP contribution in [0.2, 0.25) is 0 Å². The highest BCUT2D eigenvalue weighted by Gasteiger charge is 2.23. The second kappa shape index (κ2) is 10.4. The Balaban J connectivity index is 1.21. The minimum Gasteiger partial charge on any atom is -0.494 e. The van der Waals surface area contributed by atoms with Crippen LogP contribution in [0.3, 0.4) is 0 Å². The average Bonchev–Trinajstić information content (AvgIpc) is 3.32. The minimum atomic E-state index is 0.0615. The first-order valence-electron chi connectivity index (χ1n) is 11.3. The fraction of sp³-hybridized carbons (Fsp3) is 0.440. The summed E-state index contributed by atoms with van der Waals surface area (Å²) in [5.41, 5.74) is 3.23. The number of anilines is 1. The number of amides is 2. The van der Waals surface area contributed by atoms with Crippen LogP contribution >= 0.6 is 0 Å². The van der Waals surface area contributed by atoms with E-state index >= 15 is 0 Å². The maximum Gasteiger partial charge on any atom is 0.224 e. The van der Waals surface area contributed by atoms with Crippen LogP contribution in [0, 0.1) is 0 Å². The van der Waals surface area contributed by atoms with Crippen LogP contribution in [-0.2, 0) is 16.0 Å². The molecule has 0 radical (unpaired) electrons. The van der Waals surface area contributed by atoms with Gasteiger partial charge in [-0.1, -0.05) is 30.3 Å². The topological polar surface area (TPSA) is 70.7 Å². The molecule has 0 aliphatic carbocycles. The fourth-order valence-electron chi connectivity index (χ4n) is 4.36. The number of hydrogen-bond donors (Lipinski definition) is 2. The van der Waals surface area contributed by atoms with Gasteiger partial charge in [-0.25, -0.2) is 0 Å². The van der Waals surface area contributed by atoms with Crippen molar-refractivity contribution in [3.8, 4) is 5.75 Å². The summed E-state index contributed by atoms with van der Waals surface area (Å²) in [6.45, 7) is 3.31. The van der Waals surface area contributed by atoms with Gasteiger partial charge in [-0.05, 0) is 68.1 Å². The zero-order chi connectivity index (χ0) is 21.5. The predicted octanol–water partition coefficient (Wildman–Crippen LogP) is 3.68. The second-order valence-corrected chi connectivity index (χ2v) is 8.29. The molecule has 0 aromatic heterocycles. The molecular formula is C25H31N3O3. The van der Waals surface area contributed by atoms with E-state index in [0.717, 1.165) is 36.5 Å². The Morgan fingerprint density at radius 2 is 1.90 bits per heavy atom. The number of fused-ring (bicyclic) bond motifs is 1. The summed E-state index contributed by atoms with van der Waals surface area (Å²) in [6, 6.07) is 16.4. The van der Waals surface area contributed by atoms with Crippen molar-refractivity contribution >= 4 is 17.5 Å². The second-order valence-electron chi connectivity index (χ2n) is 8.29. The SMILES string of the molecule is O=C(CCCOc1ccc2c(c1)CCC(=O)N2)NCC(c1ccccc1)N1CCCC1. The quantitative estimate of drug-likeness (QED) is 0.606. The molecule has 2 N–H and O–H groups in total. The molecule has 2 aromatic rings. The van der Waals surface area contributed by atoms with E-state index in [0.29, 0.717) is 32.4 Å². The van der Waals surface area contributed by atoms with Crippen molar-refractivity contribution in [1.82, 2.24) is 10.2 Å². The molecule has 2 aliphatic heterocycles. The van der Waals surface area contributed by atoms with E-state index < -0.39 is 0 Å². The first-order valence-corrected chi connectivity index (χ1v) is 11.3. The highest BCUT2D eigenvalue weighted by Crippen LogP contribution is 2.27. The Kier molecular flexibility index (Phi) is 7.20. The molecule has 6 nitrogen and oxygen atoms in total. The van der Waals surface area contributed by atoms with Crippen molar-refractivity contribution < 1.29 is 14.3 Å². The zero-order valence-corrected chi connectivity index (χ0v) is 17.9. The summed E-state index contributed by atoms with van der Waals surface area (Å²) >= 11 is 0. The first-order chi connectivity index (χ1) is 15.2. The number of rotatable bonds is 9. The Morgan fingerprint density at radius 1 is 1.10 bits per heavy atom. The maximum absolute atomic E-state index is 12.4. The molecular weight excluding hydrogens is 390 g/mol. The molecule has 164 valence electrons. The number of hydrogen-bond acceptors (Lipinski definition) is 4. The van der Waals surface area contributed by atoms with Crippen molar-refractivity contribution in [2.75, 3.05) is 31.6 Å². The molecule has 0 spiro atoms. The van der Waals surface area contributed by atoms with Gasteiger partial charge in [0.25, 0.3) is 0 Å². The van der Waals surface area contributed by atoms with Crippen LogP contribution in [0.5, 0.6) is 5.75 Å². The van der Waals surface area contributed by atoms with Gasteiger partial charge in [-0.15, -0.1) is 0 Å². The van der Waals surface area contributed by atoms with Gasteiger partial charge < -0.3 is 15.4 Å². The van der Waals surface area contributed by atoms with E-state index in [2.05, 4.69) is 39.8 Å². The van der Waals surface area contributed by atoms with Gasteiger partial charge in [0, 0.05) is 25.1 Å². The molecule has 1 saturated heterocycles. The molecule has 0 bridgehead atoms. The summed E-state index contributed by atoms with van der Waals surface area (Å²) in [4.78, 5) is 26.3. The molecule has 1 atom stereocenters. The molecule has 2 aliphatic rings. The normalized spacial score (nSPS) is 17.0. The number of carbonyl (C=O) groups excluding carboxylic acids is 2. The molecule has 2 aromatic carbocycles. The standard InChI is InChI=1S/C25H31N3O3/c29-24(26-18-23(28-14-4-5-15-28)19-7-2-1-3-8-19)9-6-16-31-21-11-12-22-20(17-21)10-13-25(30)27-22/h1-3,7-8,11-12,17,23H,4-6,9-10,13-16,18H2,(H,26,29)(H,27,30). The summed E-state index contributed by atoms with van der Waals surface area (Å²) < 4.78 is 5.82. The highest BCUT2D eigenvalue weighted by atomic mass is 16.5.